The van der Waals surface area contributed by atoms with Crippen LogP contribution in [0.4, 0.5) is 0 Å². The minimum Gasteiger partial charge on any atom is -0.412 e. The van der Waals surface area contributed by atoms with Crippen molar-refractivity contribution < 1.29 is 37.7 Å². The van der Waals surface area contributed by atoms with Gasteiger partial charge in [-0.2, -0.15) is 0 Å². The second kappa shape index (κ2) is 53.9. The third-order valence-corrected chi connectivity index (χ3v) is 15.0. The lowest BCUT2D eigenvalue weighted by Crippen LogP contribution is -1.73. The molecule has 0 aromatic heterocycles. The quantitative estimate of drug-likeness (QED) is 0.143. The highest BCUT2D eigenvalue weighted by molar-refractivity contribution is 5.68. The smallest absolute Gasteiger partial charge is 0.106 e. The van der Waals surface area contributed by atoms with Crippen LogP contribution < -0.4 is 0 Å². The first-order valence-electron chi connectivity index (χ1n) is 32.9. The van der Waals surface area contributed by atoms with Crippen LogP contribution in [0.5, 0.6) is 0 Å². The number of carbonyl (C=O) groups is 1. The highest BCUT2D eigenvalue weighted by Gasteiger charge is 1.98. The molecule has 0 radical (unpaired) electrons. The van der Waals surface area contributed by atoms with Crippen LogP contribution in [0.3, 0.4) is 0 Å². The average molecular weight is 1370 g/mol. The molecule has 0 heterocycles. The van der Waals surface area contributed by atoms with Gasteiger partial charge in [0.1, 0.15) is 6.79 Å². The van der Waals surface area contributed by atoms with Crippen LogP contribution in [-0.4, -0.2) is 39.6 Å². The van der Waals surface area contributed by atoms with E-state index in [1.165, 1.54) is 89.0 Å². The molecule has 7 heteroatoms. The van der Waals surface area contributed by atoms with Crippen molar-refractivity contribution in [1.82, 2.24) is 0 Å². The molecule has 0 fully saturated rings. The zero-order chi connectivity index (χ0) is 67.8. The maximum atomic E-state index is 8.00. The third-order valence-electron chi connectivity index (χ3n) is 15.0. The van der Waals surface area contributed by atoms with E-state index < -0.39 is 0 Å². The van der Waals surface area contributed by atoms with Gasteiger partial charge in [-0.3, -0.25) is 0 Å². The predicted octanol–water partition coefficient (Wildman–Crippen LogP) is 21.7. The first kappa shape index (κ1) is 87.0. The Morgan fingerprint density at radius 1 is 0.0865 bits per heavy atom. The molecule has 524 valence electrons. The molecule has 0 atom stereocenters. The number of hydrogen-bond donors (Lipinski definition) is 0. The summed E-state index contributed by atoms with van der Waals surface area (Å²) in [6.07, 6.45) is 0. The van der Waals surface area contributed by atoms with Crippen LogP contribution in [-0.2, 0) is 4.79 Å². The van der Waals surface area contributed by atoms with Gasteiger partial charge in [0.25, 0.3) is 0 Å². The first-order chi connectivity index (χ1) is 48.7. The molecule has 7 nitrogen and oxygen atoms in total. The van der Waals surface area contributed by atoms with Crippen LogP contribution in [0.1, 0.15) is 0 Å². The summed E-state index contributed by atoms with van der Waals surface area (Å²) in [4.78, 5) is 8.00. The van der Waals surface area contributed by atoms with E-state index >= 15 is 0 Å². The SMILES string of the molecule is C=O.O.O.O.O.O.O.c1ccc(-c2ccccc2)cc1.c1ccc(-c2ccccc2)cc1.c1ccc(-c2ccccc2)cc1.c1ccc(-c2ccccc2)cc1.c1ccc(-c2ccccc2)cc1.c1ccc(-c2ccccc2)cc1.c1ccc(-c2ccccc2)cc1.c1ccc(-c2ccccc2)cc1. The summed E-state index contributed by atoms with van der Waals surface area (Å²) in [7, 11) is 0. The second-order valence-electron chi connectivity index (χ2n) is 21.9. The monoisotopic (exact) mass is 1370 g/mol. The molecular formula is C97H94O7. The fraction of sp³-hybridized carbons (Fsp3) is 0. The summed E-state index contributed by atoms with van der Waals surface area (Å²) < 4.78 is 0. The maximum absolute atomic E-state index is 8.00. The predicted molar refractivity (Wildman–Crippen MR) is 444 cm³/mol. The molecule has 0 unspecified atom stereocenters. The molecule has 104 heavy (non-hydrogen) atoms. The molecular weight excluding hydrogens is 1280 g/mol. The number of hydrogen-bond acceptors (Lipinski definition) is 1. The van der Waals surface area contributed by atoms with E-state index in [1.807, 2.05) is 104 Å². The van der Waals surface area contributed by atoms with Gasteiger partial charge >= 0.3 is 0 Å². The Hall–Kier alpha value is -13.1. The molecule has 0 amide bonds. The normalized spacial score (nSPS) is 8.96. The minimum absolute atomic E-state index is 0. The Bertz CT molecular complexity index is 3340. The van der Waals surface area contributed by atoms with Crippen molar-refractivity contribution in [3.8, 4) is 89.0 Å². The molecule has 0 aliphatic heterocycles. The zero-order valence-electron chi connectivity index (χ0n) is 58.3. The van der Waals surface area contributed by atoms with Gasteiger partial charge in [-0.05, 0) is 89.0 Å². The Morgan fingerprint density at radius 2 is 0.125 bits per heavy atom. The molecule has 0 bridgehead atoms. The van der Waals surface area contributed by atoms with Crippen molar-refractivity contribution in [1.29, 1.82) is 0 Å². The highest BCUT2D eigenvalue weighted by atomic mass is 16.1. The molecule has 12 N–H and O–H groups in total. The molecule has 0 aliphatic rings. The van der Waals surface area contributed by atoms with Crippen molar-refractivity contribution in [2.45, 2.75) is 0 Å². The molecule has 0 aliphatic carbocycles. The second-order valence-corrected chi connectivity index (χ2v) is 21.9. The lowest BCUT2D eigenvalue weighted by atomic mass is 10.1. The van der Waals surface area contributed by atoms with Crippen LogP contribution >= 0.6 is 0 Å². The van der Waals surface area contributed by atoms with E-state index in [1.54, 1.807) is 0 Å². The number of rotatable bonds is 8. The summed E-state index contributed by atoms with van der Waals surface area (Å²) >= 11 is 0. The van der Waals surface area contributed by atoms with Gasteiger partial charge in [0.15, 0.2) is 0 Å². The van der Waals surface area contributed by atoms with Crippen molar-refractivity contribution in [3.05, 3.63) is 485 Å². The third kappa shape index (κ3) is 31.9. The largest absolute Gasteiger partial charge is 0.412 e. The maximum Gasteiger partial charge on any atom is 0.106 e. The van der Waals surface area contributed by atoms with Gasteiger partial charge in [0.05, 0.1) is 0 Å². The molecule has 16 aromatic rings. The molecule has 16 aromatic carbocycles. The van der Waals surface area contributed by atoms with Crippen molar-refractivity contribution >= 4 is 6.79 Å². The first-order valence-corrected chi connectivity index (χ1v) is 32.9. The van der Waals surface area contributed by atoms with E-state index in [-0.39, 0.29) is 32.9 Å². The van der Waals surface area contributed by atoms with Crippen molar-refractivity contribution in [2.24, 2.45) is 0 Å². The van der Waals surface area contributed by atoms with E-state index in [2.05, 4.69) is 388 Å². The van der Waals surface area contributed by atoms with E-state index in [0.29, 0.717) is 0 Å². The Balaban J connectivity index is 0.000000399. The van der Waals surface area contributed by atoms with Crippen molar-refractivity contribution in [2.75, 3.05) is 0 Å². The van der Waals surface area contributed by atoms with Crippen LogP contribution in [0, 0.1) is 0 Å². The summed E-state index contributed by atoms with van der Waals surface area (Å²) in [5, 5.41) is 0. The van der Waals surface area contributed by atoms with Crippen LogP contribution in [0.25, 0.3) is 89.0 Å². The molecule has 0 saturated heterocycles. The summed E-state index contributed by atoms with van der Waals surface area (Å²) in [5.74, 6) is 0. The number of benzene rings is 16. The Labute approximate surface area is 615 Å². The standard InChI is InChI=1S/8C12H10.CH2O.6H2O/c8*1-3-7-11(8-4-1)12-9-5-2-6-10-12;1-2;;;;;;/h8*1-10H;1H2;6*1H2. The van der Waals surface area contributed by atoms with E-state index in [4.69, 9.17) is 4.79 Å². The lowest BCUT2D eigenvalue weighted by Gasteiger charge is -1.98. The van der Waals surface area contributed by atoms with Gasteiger partial charge in [-0.1, -0.05) is 485 Å². The summed E-state index contributed by atoms with van der Waals surface area (Å²) in [6.45, 7) is 2.00. The minimum atomic E-state index is 0. The van der Waals surface area contributed by atoms with E-state index in [0.717, 1.165) is 0 Å². The van der Waals surface area contributed by atoms with E-state index in [9.17, 15) is 0 Å². The molecule has 0 spiro atoms. The van der Waals surface area contributed by atoms with Crippen LogP contribution in [0.2, 0.25) is 0 Å². The van der Waals surface area contributed by atoms with Gasteiger partial charge in [-0.15, -0.1) is 0 Å². The Morgan fingerprint density at radius 3 is 0.163 bits per heavy atom. The zero-order valence-corrected chi connectivity index (χ0v) is 58.3. The van der Waals surface area contributed by atoms with Crippen LogP contribution in [0.15, 0.2) is 485 Å². The van der Waals surface area contributed by atoms with Gasteiger partial charge in [0, 0.05) is 0 Å². The fourth-order valence-corrected chi connectivity index (χ4v) is 10.1. The molecule has 0 saturated carbocycles. The van der Waals surface area contributed by atoms with Crippen molar-refractivity contribution in [3.63, 3.8) is 0 Å². The lowest BCUT2D eigenvalue weighted by molar-refractivity contribution is -0.0980. The topological polar surface area (TPSA) is 206 Å². The average Bonchev–Trinajstić information content (AvgIpc) is 1.09. The Kier molecular flexibility index (Phi) is 45.1. The molecule has 16 rings (SSSR count). The summed E-state index contributed by atoms with van der Waals surface area (Å²) in [6, 6.07) is 166. The number of carbonyl (C=O) groups excluding carboxylic acids is 1. The highest BCUT2D eigenvalue weighted by Crippen LogP contribution is 2.24. The van der Waals surface area contributed by atoms with Gasteiger partial charge in [-0.25, -0.2) is 0 Å². The fourth-order valence-electron chi connectivity index (χ4n) is 10.1. The summed E-state index contributed by atoms with van der Waals surface area (Å²) in [5.41, 5.74) is 20.4. The van der Waals surface area contributed by atoms with Gasteiger partial charge in [0.2, 0.25) is 0 Å². The van der Waals surface area contributed by atoms with Gasteiger partial charge < -0.3 is 37.7 Å².